The maximum absolute atomic E-state index is 11.9. The van der Waals surface area contributed by atoms with E-state index in [0.717, 1.165) is 29.4 Å². The molecule has 0 bridgehead atoms. The number of fused-ring (bicyclic) bond motifs is 3. The topological polar surface area (TPSA) is 79.5 Å². The molecule has 1 aliphatic heterocycles. The largest absolute Gasteiger partial charge is 0.480 e. The predicted molar refractivity (Wildman–Crippen MR) is 107 cm³/mol. The lowest BCUT2D eigenvalue weighted by molar-refractivity contribution is -0.139. The predicted octanol–water partition coefficient (Wildman–Crippen LogP) is 4.49. The molecule has 2 aromatic carbocycles. The number of anilines is 1. The molecular weight excluding hydrogens is 354 g/mol. The fourth-order valence-electron chi connectivity index (χ4n) is 3.93. The van der Waals surface area contributed by atoms with E-state index in [1.807, 2.05) is 59.5 Å². The molecule has 1 fully saturated rings. The van der Waals surface area contributed by atoms with E-state index in [4.69, 9.17) is 14.4 Å². The number of furan rings is 1. The first-order valence-electron chi connectivity index (χ1n) is 9.46. The summed E-state index contributed by atoms with van der Waals surface area (Å²) in [6.07, 6.45) is 2.42. The van der Waals surface area contributed by atoms with E-state index < -0.39 is 12.0 Å². The van der Waals surface area contributed by atoms with Gasteiger partial charge in [-0.1, -0.05) is 42.5 Å². The molecule has 0 radical (unpaired) electrons. The summed E-state index contributed by atoms with van der Waals surface area (Å²) in [5.41, 5.74) is 2.88. The van der Waals surface area contributed by atoms with Crippen LogP contribution in [0.2, 0.25) is 0 Å². The molecule has 0 amide bonds. The van der Waals surface area contributed by atoms with Gasteiger partial charge in [0.15, 0.2) is 17.2 Å². The summed E-state index contributed by atoms with van der Waals surface area (Å²) in [6.45, 7) is 0.633. The number of aliphatic carboxylic acids is 1. The summed E-state index contributed by atoms with van der Waals surface area (Å²) in [5.74, 6) is 0.306. The molecule has 140 valence electrons. The Morgan fingerprint density at radius 1 is 1.04 bits per heavy atom. The summed E-state index contributed by atoms with van der Waals surface area (Å²) < 4.78 is 6.10. The Balaban J connectivity index is 1.80. The molecule has 1 atom stereocenters. The Hall–Kier alpha value is -3.41. The second-order valence-corrected chi connectivity index (χ2v) is 7.06. The lowest BCUT2D eigenvalue weighted by Gasteiger charge is -2.33. The Morgan fingerprint density at radius 3 is 2.64 bits per heavy atom. The van der Waals surface area contributed by atoms with Gasteiger partial charge >= 0.3 is 5.97 Å². The first-order chi connectivity index (χ1) is 13.7. The van der Waals surface area contributed by atoms with Crippen molar-refractivity contribution in [3.63, 3.8) is 0 Å². The quantitative estimate of drug-likeness (QED) is 0.570. The number of rotatable bonds is 3. The monoisotopic (exact) mass is 373 g/mol. The molecule has 5 rings (SSSR count). The number of benzene rings is 2. The molecule has 0 spiro atoms. The van der Waals surface area contributed by atoms with E-state index in [2.05, 4.69) is 0 Å². The van der Waals surface area contributed by atoms with Crippen molar-refractivity contribution in [2.24, 2.45) is 0 Å². The molecule has 0 aliphatic carbocycles. The fourth-order valence-corrected chi connectivity index (χ4v) is 3.93. The van der Waals surface area contributed by atoms with Gasteiger partial charge < -0.3 is 14.4 Å². The highest BCUT2D eigenvalue weighted by Crippen LogP contribution is 2.36. The second kappa shape index (κ2) is 6.64. The summed E-state index contributed by atoms with van der Waals surface area (Å²) in [7, 11) is 0. The zero-order valence-corrected chi connectivity index (χ0v) is 15.2. The van der Waals surface area contributed by atoms with Crippen LogP contribution < -0.4 is 4.90 Å². The Kier molecular flexibility index (Phi) is 3.97. The van der Waals surface area contributed by atoms with Gasteiger partial charge in [0.1, 0.15) is 17.1 Å². The molecule has 1 saturated heterocycles. The zero-order chi connectivity index (χ0) is 19.1. The molecule has 1 N–H and O–H groups in total. The first-order valence-corrected chi connectivity index (χ1v) is 9.46. The average molecular weight is 373 g/mol. The van der Waals surface area contributed by atoms with Crippen LogP contribution in [0.3, 0.4) is 0 Å². The molecule has 1 aliphatic rings. The SMILES string of the molecule is O=C(O)C1CCCCN1c1nc(-c2ccccc2)nc2c1oc1ccccc12. The first kappa shape index (κ1) is 16.7. The highest BCUT2D eigenvalue weighted by Gasteiger charge is 2.32. The standard InChI is InChI=1S/C22H19N3O3/c26-22(27)16-11-6-7-13-25(16)21-19-18(15-10-4-5-12-17(15)28-19)23-20(24-21)14-8-2-1-3-9-14/h1-5,8-10,12,16H,6-7,11,13H2,(H,26,27). The van der Waals surface area contributed by atoms with Gasteiger partial charge in [0, 0.05) is 17.5 Å². The van der Waals surface area contributed by atoms with Crippen molar-refractivity contribution in [2.45, 2.75) is 25.3 Å². The van der Waals surface area contributed by atoms with Gasteiger partial charge in [-0.05, 0) is 31.4 Å². The van der Waals surface area contributed by atoms with Crippen LogP contribution >= 0.6 is 0 Å². The minimum Gasteiger partial charge on any atom is -0.480 e. The van der Waals surface area contributed by atoms with Crippen molar-refractivity contribution in [3.8, 4) is 11.4 Å². The zero-order valence-electron chi connectivity index (χ0n) is 15.2. The van der Waals surface area contributed by atoms with Crippen molar-refractivity contribution in [1.82, 2.24) is 9.97 Å². The van der Waals surface area contributed by atoms with Crippen LogP contribution in [0.1, 0.15) is 19.3 Å². The number of piperidine rings is 1. The smallest absolute Gasteiger partial charge is 0.326 e. The minimum atomic E-state index is -0.830. The third kappa shape index (κ3) is 2.69. The van der Waals surface area contributed by atoms with Gasteiger partial charge in [0.2, 0.25) is 0 Å². The number of aromatic nitrogens is 2. The number of carbonyl (C=O) groups is 1. The van der Waals surface area contributed by atoms with Crippen LogP contribution in [0.25, 0.3) is 33.5 Å². The molecule has 1 unspecified atom stereocenters. The number of nitrogens with zero attached hydrogens (tertiary/aromatic N) is 3. The van der Waals surface area contributed by atoms with Crippen LogP contribution in [0.15, 0.2) is 59.0 Å². The Labute approximate surface area is 161 Å². The van der Waals surface area contributed by atoms with Gasteiger partial charge in [0.25, 0.3) is 0 Å². The fraction of sp³-hybridized carbons (Fsp3) is 0.227. The number of carboxylic acid groups (broad SMARTS) is 1. The number of hydrogen-bond acceptors (Lipinski definition) is 5. The minimum absolute atomic E-state index is 0.550. The van der Waals surface area contributed by atoms with Crippen LogP contribution in [0.5, 0.6) is 0 Å². The molecule has 2 aromatic heterocycles. The number of para-hydroxylation sites is 1. The van der Waals surface area contributed by atoms with Gasteiger partial charge in [-0.3, -0.25) is 0 Å². The van der Waals surface area contributed by atoms with Crippen molar-refractivity contribution in [3.05, 3.63) is 54.6 Å². The lowest BCUT2D eigenvalue weighted by atomic mass is 10.0. The highest BCUT2D eigenvalue weighted by atomic mass is 16.4. The van der Waals surface area contributed by atoms with Gasteiger partial charge in [-0.25, -0.2) is 14.8 Å². The maximum Gasteiger partial charge on any atom is 0.326 e. The van der Waals surface area contributed by atoms with Crippen LogP contribution in [0, 0.1) is 0 Å². The maximum atomic E-state index is 11.9. The van der Waals surface area contributed by atoms with E-state index in [9.17, 15) is 9.90 Å². The summed E-state index contributed by atoms with van der Waals surface area (Å²) in [4.78, 5) is 23.3. The van der Waals surface area contributed by atoms with E-state index in [1.54, 1.807) is 0 Å². The van der Waals surface area contributed by atoms with Crippen molar-refractivity contribution in [2.75, 3.05) is 11.4 Å². The summed E-state index contributed by atoms with van der Waals surface area (Å²) in [5, 5.41) is 10.7. The second-order valence-electron chi connectivity index (χ2n) is 7.06. The normalized spacial score (nSPS) is 17.3. The molecule has 4 aromatic rings. The molecule has 6 heteroatoms. The number of carboxylic acids is 1. The molecule has 0 saturated carbocycles. The van der Waals surface area contributed by atoms with E-state index >= 15 is 0 Å². The average Bonchev–Trinajstić information content (AvgIpc) is 3.12. The third-order valence-electron chi connectivity index (χ3n) is 5.29. The van der Waals surface area contributed by atoms with E-state index in [-0.39, 0.29) is 0 Å². The Morgan fingerprint density at radius 2 is 1.82 bits per heavy atom. The lowest BCUT2D eigenvalue weighted by Crippen LogP contribution is -2.45. The van der Waals surface area contributed by atoms with Crippen molar-refractivity contribution in [1.29, 1.82) is 0 Å². The van der Waals surface area contributed by atoms with Crippen molar-refractivity contribution < 1.29 is 14.3 Å². The third-order valence-corrected chi connectivity index (χ3v) is 5.29. The van der Waals surface area contributed by atoms with Crippen molar-refractivity contribution >= 4 is 33.9 Å². The summed E-state index contributed by atoms with van der Waals surface area (Å²) >= 11 is 0. The molecular formula is C22H19N3O3. The van der Waals surface area contributed by atoms with Crippen LogP contribution in [-0.4, -0.2) is 33.6 Å². The van der Waals surface area contributed by atoms with Gasteiger partial charge in [-0.15, -0.1) is 0 Å². The van der Waals surface area contributed by atoms with Crippen LogP contribution in [0.4, 0.5) is 5.82 Å². The Bertz CT molecular complexity index is 1170. The van der Waals surface area contributed by atoms with Crippen LogP contribution in [-0.2, 0) is 4.79 Å². The van der Waals surface area contributed by atoms with Gasteiger partial charge in [0.05, 0.1) is 0 Å². The molecule has 28 heavy (non-hydrogen) atoms. The number of hydrogen-bond donors (Lipinski definition) is 1. The molecule has 3 heterocycles. The highest BCUT2D eigenvalue weighted by molar-refractivity contribution is 6.06. The molecule has 6 nitrogen and oxygen atoms in total. The van der Waals surface area contributed by atoms with E-state index in [0.29, 0.717) is 35.7 Å². The van der Waals surface area contributed by atoms with E-state index in [1.165, 1.54) is 0 Å². The summed E-state index contributed by atoms with van der Waals surface area (Å²) in [6, 6.07) is 16.9. The van der Waals surface area contributed by atoms with Gasteiger partial charge in [-0.2, -0.15) is 0 Å².